The lowest BCUT2D eigenvalue weighted by Crippen LogP contribution is -2.59. The van der Waals surface area contributed by atoms with E-state index in [0.29, 0.717) is 4.47 Å². The molecule has 0 aliphatic carbocycles. The number of aliphatic imine (C=N–C) groups is 2. The third kappa shape index (κ3) is 3.58. The number of rotatable bonds is 2. The lowest BCUT2D eigenvalue weighted by Gasteiger charge is -2.34. The largest absolute Gasteiger partial charge is 0.443 e. The summed E-state index contributed by atoms with van der Waals surface area (Å²) in [6.45, 7) is 0. The zero-order valence-electron chi connectivity index (χ0n) is 13.2. The van der Waals surface area contributed by atoms with Crippen LogP contribution in [0, 0.1) is 0 Å². The molecule has 1 aliphatic heterocycles. The van der Waals surface area contributed by atoms with Gasteiger partial charge in [-0.1, -0.05) is 58.4 Å². The first kappa shape index (κ1) is 19.4. The van der Waals surface area contributed by atoms with Crippen LogP contribution in [0.2, 0.25) is 0 Å². The van der Waals surface area contributed by atoms with Crippen molar-refractivity contribution in [2.24, 2.45) is 9.98 Å². The Labute approximate surface area is 158 Å². The molecule has 0 radical (unpaired) electrons. The number of halogens is 7. The zero-order chi connectivity index (χ0) is 19.9. The number of hydrogen-bond acceptors (Lipinski definition) is 3. The van der Waals surface area contributed by atoms with Gasteiger partial charge in [-0.3, -0.25) is 0 Å². The molecule has 0 aromatic heterocycles. The van der Waals surface area contributed by atoms with Gasteiger partial charge in [0.25, 0.3) is 0 Å². The van der Waals surface area contributed by atoms with Gasteiger partial charge in [-0.2, -0.15) is 26.3 Å². The summed E-state index contributed by atoms with van der Waals surface area (Å²) >= 11 is 3.16. The summed E-state index contributed by atoms with van der Waals surface area (Å²) < 4.78 is 82.0. The smallest absolute Gasteiger partial charge is 0.324 e. The maximum Gasteiger partial charge on any atom is 0.443 e. The van der Waals surface area contributed by atoms with Crippen molar-refractivity contribution in [2.75, 3.05) is 0 Å². The van der Waals surface area contributed by atoms with Crippen molar-refractivity contribution < 1.29 is 26.3 Å². The van der Waals surface area contributed by atoms with Crippen molar-refractivity contribution in [1.29, 1.82) is 0 Å². The summed E-state index contributed by atoms with van der Waals surface area (Å²) in [7, 11) is 0. The average molecular weight is 450 g/mol. The van der Waals surface area contributed by atoms with Crippen LogP contribution in [-0.2, 0) is 0 Å². The van der Waals surface area contributed by atoms with Gasteiger partial charge in [-0.05, 0) is 12.1 Å². The fourth-order valence-electron chi connectivity index (χ4n) is 2.41. The second kappa shape index (κ2) is 6.66. The molecule has 27 heavy (non-hydrogen) atoms. The van der Waals surface area contributed by atoms with E-state index in [0.717, 1.165) is 0 Å². The van der Waals surface area contributed by atoms with Crippen LogP contribution in [0.1, 0.15) is 11.1 Å². The first-order chi connectivity index (χ1) is 12.5. The van der Waals surface area contributed by atoms with Gasteiger partial charge in [0.05, 0.1) is 0 Å². The van der Waals surface area contributed by atoms with Gasteiger partial charge in [0, 0.05) is 15.6 Å². The molecule has 0 saturated heterocycles. The number of benzene rings is 2. The molecule has 10 heteroatoms. The molecule has 0 unspecified atom stereocenters. The van der Waals surface area contributed by atoms with Gasteiger partial charge < -0.3 is 5.32 Å². The summed E-state index contributed by atoms with van der Waals surface area (Å²) in [5, 5.41) is 2.49. The Morgan fingerprint density at radius 3 is 1.59 bits per heavy atom. The quantitative estimate of drug-likeness (QED) is 0.638. The second-order valence-electron chi connectivity index (χ2n) is 5.59. The highest BCUT2D eigenvalue weighted by molar-refractivity contribution is 9.10. The van der Waals surface area contributed by atoms with E-state index in [1.807, 2.05) is 0 Å². The van der Waals surface area contributed by atoms with Crippen LogP contribution >= 0.6 is 15.9 Å². The predicted octanol–water partition coefficient (Wildman–Crippen LogP) is 5.07. The van der Waals surface area contributed by atoms with Crippen LogP contribution in [0.25, 0.3) is 0 Å². The molecular weight excluding hydrogens is 440 g/mol. The Morgan fingerprint density at radius 1 is 0.704 bits per heavy atom. The number of nitrogens with zero attached hydrogens (tertiary/aromatic N) is 2. The Morgan fingerprint density at radius 2 is 1.15 bits per heavy atom. The van der Waals surface area contributed by atoms with E-state index in [2.05, 4.69) is 31.2 Å². The Balaban J connectivity index is 2.24. The third-order valence-electron chi connectivity index (χ3n) is 3.74. The van der Waals surface area contributed by atoms with Gasteiger partial charge in [0.1, 0.15) is 11.7 Å². The van der Waals surface area contributed by atoms with E-state index < -0.39 is 29.7 Å². The van der Waals surface area contributed by atoms with Crippen LogP contribution < -0.4 is 5.32 Å². The molecule has 1 heterocycles. The summed E-state index contributed by atoms with van der Waals surface area (Å²) in [5.74, 6) is -1.15. The van der Waals surface area contributed by atoms with Crippen molar-refractivity contribution in [3.8, 4) is 0 Å². The van der Waals surface area contributed by atoms with Crippen molar-refractivity contribution in [2.45, 2.75) is 18.0 Å². The molecule has 1 N–H and O–H groups in total. The summed E-state index contributed by atoms with van der Waals surface area (Å²) in [6.07, 6.45) is -11.6. The van der Waals surface area contributed by atoms with Crippen molar-refractivity contribution in [1.82, 2.24) is 5.32 Å². The standard InChI is InChI=1S/C17H10BrF6N3/c18-12-8-6-11(7-9-12)14-25-13(10-4-2-1-3-5-10)26-15(27-14,16(19,20)21)17(22,23)24/h1-9H,(H,25,26,27). The Hall–Kier alpha value is -2.36. The minimum absolute atomic E-state index is 0.0550. The monoisotopic (exact) mass is 449 g/mol. The fraction of sp³-hybridized carbons (Fsp3) is 0.176. The number of amidine groups is 2. The molecule has 3 rings (SSSR count). The summed E-state index contributed by atoms with van der Waals surface area (Å²) in [6, 6.07) is 12.9. The molecule has 0 fully saturated rings. The number of alkyl halides is 6. The van der Waals surface area contributed by atoms with E-state index in [1.54, 1.807) is 6.07 Å². The Kier molecular flexibility index (Phi) is 4.79. The van der Waals surface area contributed by atoms with Crippen molar-refractivity contribution in [3.63, 3.8) is 0 Å². The van der Waals surface area contributed by atoms with E-state index in [-0.39, 0.29) is 11.1 Å². The highest BCUT2D eigenvalue weighted by atomic mass is 79.9. The normalized spacial score (nSPS) is 17.0. The molecule has 0 bridgehead atoms. The van der Waals surface area contributed by atoms with E-state index in [1.165, 1.54) is 48.5 Å². The zero-order valence-corrected chi connectivity index (χ0v) is 14.8. The lowest BCUT2D eigenvalue weighted by atomic mass is 10.1. The van der Waals surface area contributed by atoms with E-state index >= 15 is 0 Å². The maximum absolute atomic E-state index is 13.6. The first-order valence-corrected chi connectivity index (χ1v) is 8.24. The number of nitrogens with one attached hydrogen (secondary N) is 1. The predicted molar refractivity (Wildman–Crippen MR) is 91.6 cm³/mol. The SMILES string of the molecule is FC(F)(F)C1(C(F)(F)F)N=C(c2ccccc2)NC(c2ccc(Br)cc2)=N1. The molecule has 0 atom stereocenters. The molecular formula is C17H10BrF6N3. The molecule has 2 aromatic rings. The first-order valence-electron chi connectivity index (χ1n) is 7.45. The molecule has 142 valence electrons. The Bertz CT molecular complexity index is 872. The second-order valence-corrected chi connectivity index (χ2v) is 6.50. The molecule has 0 amide bonds. The van der Waals surface area contributed by atoms with Gasteiger partial charge in [0.15, 0.2) is 0 Å². The lowest BCUT2D eigenvalue weighted by molar-refractivity contribution is -0.292. The highest BCUT2D eigenvalue weighted by Gasteiger charge is 2.73. The maximum atomic E-state index is 13.6. The van der Waals surface area contributed by atoms with Crippen LogP contribution in [0.4, 0.5) is 26.3 Å². The minimum Gasteiger partial charge on any atom is -0.324 e. The molecule has 3 nitrogen and oxygen atoms in total. The minimum atomic E-state index is -5.78. The van der Waals surface area contributed by atoms with Crippen LogP contribution in [0.5, 0.6) is 0 Å². The average Bonchev–Trinajstić information content (AvgIpc) is 2.61. The van der Waals surface area contributed by atoms with Gasteiger partial charge >= 0.3 is 18.0 Å². The van der Waals surface area contributed by atoms with Crippen LogP contribution in [-0.4, -0.2) is 29.7 Å². The van der Waals surface area contributed by atoms with Gasteiger partial charge in [-0.15, -0.1) is 0 Å². The molecule has 0 spiro atoms. The van der Waals surface area contributed by atoms with E-state index in [9.17, 15) is 26.3 Å². The molecule has 1 aliphatic rings. The van der Waals surface area contributed by atoms with Crippen LogP contribution in [0.15, 0.2) is 69.1 Å². The number of hydrogen-bond donors (Lipinski definition) is 1. The van der Waals surface area contributed by atoms with Gasteiger partial charge in [-0.25, -0.2) is 9.98 Å². The summed E-state index contributed by atoms with van der Waals surface area (Å²) in [4.78, 5) is 5.96. The molecule has 0 saturated carbocycles. The molecule has 2 aromatic carbocycles. The van der Waals surface area contributed by atoms with Crippen molar-refractivity contribution >= 4 is 27.6 Å². The van der Waals surface area contributed by atoms with E-state index in [4.69, 9.17) is 0 Å². The van der Waals surface area contributed by atoms with Crippen molar-refractivity contribution in [3.05, 3.63) is 70.2 Å². The van der Waals surface area contributed by atoms with Gasteiger partial charge in [0.2, 0.25) is 0 Å². The van der Waals surface area contributed by atoms with Crippen LogP contribution in [0.3, 0.4) is 0 Å². The fourth-order valence-corrected chi connectivity index (χ4v) is 2.67. The third-order valence-corrected chi connectivity index (χ3v) is 4.27. The summed E-state index contributed by atoms with van der Waals surface area (Å²) in [5.41, 5.74) is -4.47. The highest BCUT2D eigenvalue weighted by Crippen LogP contribution is 2.48. The topological polar surface area (TPSA) is 36.8 Å².